The Morgan fingerprint density at radius 3 is 2.65 bits per heavy atom. The highest BCUT2D eigenvalue weighted by molar-refractivity contribution is 5.02. The van der Waals surface area contributed by atoms with Crippen molar-refractivity contribution in [2.75, 3.05) is 26.8 Å². The molecule has 1 saturated carbocycles. The maximum atomic E-state index is 5.71. The van der Waals surface area contributed by atoms with Gasteiger partial charge in [0.25, 0.3) is 0 Å². The monoisotopic (exact) mass is 244 g/mol. The van der Waals surface area contributed by atoms with Crippen molar-refractivity contribution in [2.24, 2.45) is 11.1 Å². The molecule has 17 heavy (non-hydrogen) atoms. The molecule has 0 aromatic heterocycles. The summed E-state index contributed by atoms with van der Waals surface area (Å²) in [5.74, 6) is 0. The Kier molecular flexibility index (Phi) is 5.86. The van der Waals surface area contributed by atoms with Gasteiger partial charge in [-0.1, -0.05) is 13.8 Å². The summed E-state index contributed by atoms with van der Waals surface area (Å²) in [6.45, 7) is 8.95. The fourth-order valence-corrected chi connectivity index (χ4v) is 2.47. The van der Waals surface area contributed by atoms with Crippen molar-refractivity contribution in [3.8, 4) is 0 Å². The van der Waals surface area contributed by atoms with Crippen LogP contribution in [0.15, 0.2) is 0 Å². The molecule has 0 saturated heterocycles. The molecule has 4 heteroatoms. The second-order valence-corrected chi connectivity index (χ2v) is 5.39. The molecule has 0 aromatic carbocycles. The summed E-state index contributed by atoms with van der Waals surface area (Å²) in [6.07, 6.45) is 2.66. The van der Waals surface area contributed by atoms with Crippen LogP contribution in [0.3, 0.4) is 0 Å². The average molecular weight is 244 g/mol. The van der Waals surface area contributed by atoms with Crippen molar-refractivity contribution < 1.29 is 9.47 Å². The summed E-state index contributed by atoms with van der Waals surface area (Å²) in [4.78, 5) is 0. The quantitative estimate of drug-likeness (QED) is 0.672. The predicted octanol–water partition coefficient (Wildman–Crippen LogP) is 1.14. The number of ether oxygens (including phenoxy) is 2. The van der Waals surface area contributed by atoms with Crippen molar-refractivity contribution in [1.29, 1.82) is 0 Å². The highest BCUT2D eigenvalue weighted by Crippen LogP contribution is 2.42. The Bertz CT molecular complexity index is 217. The van der Waals surface area contributed by atoms with Gasteiger partial charge in [-0.25, -0.2) is 0 Å². The molecule has 0 heterocycles. The van der Waals surface area contributed by atoms with Crippen LogP contribution < -0.4 is 11.1 Å². The van der Waals surface area contributed by atoms with Crippen molar-refractivity contribution in [1.82, 2.24) is 5.32 Å². The van der Waals surface area contributed by atoms with E-state index in [1.165, 1.54) is 0 Å². The van der Waals surface area contributed by atoms with Gasteiger partial charge < -0.3 is 20.5 Å². The molecule has 3 atom stereocenters. The van der Waals surface area contributed by atoms with Gasteiger partial charge in [-0.2, -0.15) is 0 Å². The van der Waals surface area contributed by atoms with E-state index in [-0.39, 0.29) is 11.5 Å². The Balaban J connectivity index is 2.21. The minimum Gasteiger partial charge on any atom is -0.380 e. The zero-order valence-electron chi connectivity index (χ0n) is 11.7. The maximum absolute atomic E-state index is 5.71. The summed E-state index contributed by atoms with van der Waals surface area (Å²) in [6, 6.07) is 0.550. The second-order valence-electron chi connectivity index (χ2n) is 5.39. The molecular formula is C13H28N2O2. The van der Waals surface area contributed by atoms with Crippen LogP contribution in [0.5, 0.6) is 0 Å². The van der Waals surface area contributed by atoms with E-state index in [2.05, 4.69) is 26.1 Å². The first-order valence-corrected chi connectivity index (χ1v) is 6.64. The zero-order valence-corrected chi connectivity index (χ0v) is 11.7. The minimum absolute atomic E-state index is 0.174. The lowest BCUT2D eigenvalue weighted by molar-refractivity contribution is -0.114. The van der Waals surface area contributed by atoms with Gasteiger partial charge in [-0.05, 0) is 26.3 Å². The molecule has 1 aliphatic carbocycles. The van der Waals surface area contributed by atoms with Gasteiger partial charge in [0.15, 0.2) is 0 Å². The molecule has 4 nitrogen and oxygen atoms in total. The third-order valence-electron chi connectivity index (χ3n) is 4.00. The Morgan fingerprint density at radius 1 is 1.47 bits per heavy atom. The summed E-state index contributed by atoms with van der Waals surface area (Å²) in [5.41, 5.74) is 5.83. The highest BCUT2D eigenvalue weighted by Gasteiger charge is 2.48. The molecule has 1 rings (SSSR count). The second kappa shape index (κ2) is 6.69. The van der Waals surface area contributed by atoms with Crippen LogP contribution in [0.4, 0.5) is 0 Å². The van der Waals surface area contributed by atoms with Crippen molar-refractivity contribution in [3.05, 3.63) is 0 Å². The normalized spacial score (nSPS) is 28.8. The molecular weight excluding hydrogens is 216 g/mol. The fraction of sp³-hybridized carbons (Fsp3) is 1.00. The largest absolute Gasteiger partial charge is 0.380 e. The molecule has 0 bridgehead atoms. The average Bonchev–Trinajstić information content (AvgIpc) is 2.32. The molecule has 3 unspecified atom stereocenters. The molecule has 0 aromatic rings. The molecule has 1 fully saturated rings. The first-order valence-electron chi connectivity index (χ1n) is 6.64. The Labute approximate surface area is 105 Å². The number of nitrogens with two attached hydrogens (primary N) is 1. The van der Waals surface area contributed by atoms with E-state index >= 15 is 0 Å². The van der Waals surface area contributed by atoms with E-state index in [0.29, 0.717) is 18.7 Å². The number of nitrogens with one attached hydrogen (secondary N) is 1. The van der Waals surface area contributed by atoms with Gasteiger partial charge in [-0.15, -0.1) is 0 Å². The van der Waals surface area contributed by atoms with Gasteiger partial charge in [0.05, 0.1) is 12.2 Å². The Morgan fingerprint density at radius 2 is 2.18 bits per heavy atom. The van der Waals surface area contributed by atoms with E-state index < -0.39 is 0 Å². The third kappa shape index (κ3) is 3.65. The third-order valence-corrected chi connectivity index (χ3v) is 4.00. The molecule has 0 aliphatic heterocycles. The fourth-order valence-electron chi connectivity index (χ4n) is 2.47. The predicted molar refractivity (Wildman–Crippen MR) is 70.1 cm³/mol. The smallest absolute Gasteiger partial charge is 0.0705 e. The van der Waals surface area contributed by atoms with Gasteiger partial charge >= 0.3 is 0 Å². The summed E-state index contributed by atoms with van der Waals surface area (Å²) in [7, 11) is 1.72. The Hall–Kier alpha value is -0.160. The topological polar surface area (TPSA) is 56.5 Å². The van der Waals surface area contributed by atoms with Crippen LogP contribution in [0.25, 0.3) is 0 Å². The first kappa shape index (κ1) is 14.9. The molecule has 0 spiro atoms. The van der Waals surface area contributed by atoms with E-state index in [1.54, 1.807) is 7.11 Å². The van der Waals surface area contributed by atoms with Crippen molar-refractivity contribution in [2.45, 2.75) is 51.9 Å². The lowest BCUT2D eigenvalue weighted by Gasteiger charge is -2.52. The van der Waals surface area contributed by atoms with E-state index in [9.17, 15) is 0 Å². The SMILES string of the molecule is CCOC1CC(NCCC(CN)OC)C1(C)C. The summed E-state index contributed by atoms with van der Waals surface area (Å²) >= 11 is 0. The van der Waals surface area contributed by atoms with E-state index in [4.69, 9.17) is 15.2 Å². The summed E-state index contributed by atoms with van der Waals surface area (Å²) in [5, 5.41) is 3.58. The lowest BCUT2D eigenvalue weighted by Crippen LogP contribution is -2.61. The van der Waals surface area contributed by atoms with Gasteiger partial charge in [-0.3, -0.25) is 0 Å². The van der Waals surface area contributed by atoms with Crippen LogP contribution >= 0.6 is 0 Å². The van der Waals surface area contributed by atoms with Crippen LogP contribution in [0, 0.1) is 5.41 Å². The molecule has 3 N–H and O–H groups in total. The standard InChI is InChI=1S/C13H28N2O2/c1-5-17-12-8-11(13(12,2)3)15-7-6-10(9-14)16-4/h10-12,15H,5-9,14H2,1-4H3. The van der Waals surface area contributed by atoms with Crippen LogP contribution in [-0.4, -0.2) is 45.1 Å². The van der Waals surface area contributed by atoms with Gasteiger partial charge in [0, 0.05) is 31.7 Å². The zero-order chi connectivity index (χ0) is 12.9. The van der Waals surface area contributed by atoms with Gasteiger partial charge in [0.1, 0.15) is 0 Å². The van der Waals surface area contributed by atoms with Crippen molar-refractivity contribution in [3.63, 3.8) is 0 Å². The summed E-state index contributed by atoms with van der Waals surface area (Å²) < 4.78 is 11.0. The minimum atomic E-state index is 0.174. The van der Waals surface area contributed by atoms with E-state index in [0.717, 1.165) is 26.0 Å². The molecule has 0 radical (unpaired) electrons. The van der Waals surface area contributed by atoms with Crippen LogP contribution in [0.2, 0.25) is 0 Å². The molecule has 0 amide bonds. The molecule has 1 aliphatic rings. The highest BCUT2D eigenvalue weighted by atomic mass is 16.5. The van der Waals surface area contributed by atoms with Crippen molar-refractivity contribution >= 4 is 0 Å². The molecule has 102 valence electrons. The number of methoxy groups -OCH3 is 1. The van der Waals surface area contributed by atoms with E-state index in [1.807, 2.05) is 0 Å². The first-order chi connectivity index (χ1) is 8.06. The number of hydrogen-bond donors (Lipinski definition) is 2. The van der Waals surface area contributed by atoms with Gasteiger partial charge in [0.2, 0.25) is 0 Å². The number of hydrogen-bond acceptors (Lipinski definition) is 4. The van der Waals surface area contributed by atoms with Crippen LogP contribution in [-0.2, 0) is 9.47 Å². The van der Waals surface area contributed by atoms with Crippen LogP contribution in [0.1, 0.15) is 33.6 Å². The lowest BCUT2D eigenvalue weighted by atomic mass is 9.64. The number of rotatable bonds is 8. The maximum Gasteiger partial charge on any atom is 0.0705 e.